The topological polar surface area (TPSA) is 100 Å². The molecule has 0 aliphatic rings. The zero-order chi connectivity index (χ0) is 20.8. The van der Waals surface area contributed by atoms with E-state index in [1.165, 1.54) is 11.0 Å². The Balaban J connectivity index is 2.05. The number of aromatic nitrogens is 4. The van der Waals surface area contributed by atoms with E-state index in [9.17, 15) is 4.79 Å². The fourth-order valence-corrected chi connectivity index (χ4v) is 2.94. The Morgan fingerprint density at radius 3 is 2.52 bits per heavy atom. The van der Waals surface area contributed by atoms with Crippen LogP contribution in [-0.2, 0) is 4.74 Å². The summed E-state index contributed by atoms with van der Waals surface area (Å²) < 4.78 is 17.3. The Morgan fingerprint density at radius 2 is 1.86 bits per heavy atom. The van der Waals surface area contributed by atoms with E-state index < -0.39 is 0 Å². The third kappa shape index (κ3) is 4.69. The van der Waals surface area contributed by atoms with Gasteiger partial charge in [-0.1, -0.05) is 6.07 Å². The first-order valence-electron chi connectivity index (χ1n) is 8.96. The first kappa shape index (κ1) is 20.3. The van der Waals surface area contributed by atoms with Crippen molar-refractivity contribution < 1.29 is 19.0 Å². The maximum atomic E-state index is 12.8. The molecule has 1 unspecified atom stereocenters. The summed E-state index contributed by atoms with van der Waals surface area (Å²) in [4.78, 5) is 12.8. The molecule has 0 fully saturated rings. The van der Waals surface area contributed by atoms with Crippen LogP contribution in [0, 0.1) is 0 Å². The second-order valence-corrected chi connectivity index (χ2v) is 6.42. The van der Waals surface area contributed by atoms with E-state index in [0.29, 0.717) is 29.4 Å². The van der Waals surface area contributed by atoms with Gasteiger partial charge in [0.15, 0.2) is 11.5 Å². The van der Waals surface area contributed by atoms with Crippen LogP contribution in [-0.4, -0.2) is 60.1 Å². The number of hydrogen-bond donors (Lipinski definition) is 1. The molecule has 1 atom stereocenters. The number of methoxy groups -OCH3 is 3. The first-order chi connectivity index (χ1) is 14.0. The first-order valence-corrected chi connectivity index (χ1v) is 8.96. The highest BCUT2D eigenvalue weighted by atomic mass is 16.5. The van der Waals surface area contributed by atoms with Gasteiger partial charge in [0.2, 0.25) is 0 Å². The summed E-state index contributed by atoms with van der Waals surface area (Å²) >= 11 is 0. The Bertz CT molecular complexity index is 975. The summed E-state index contributed by atoms with van der Waals surface area (Å²) in [6.45, 7) is 2.29. The van der Waals surface area contributed by atoms with E-state index in [0.717, 1.165) is 11.1 Å². The number of hydrogen-bond acceptors (Lipinski definition) is 7. The van der Waals surface area contributed by atoms with Crippen LogP contribution < -0.4 is 14.8 Å². The van der Waals surface area contributed by atoms with E-state index in [4.69, 9.17) is 14.2 Å². The maximum Gasteiger partial charge on any atom is 0.251 e. The van der Waals surface area contributed by atoms with Crippen molar-refractivity contribution in [1.82, 2.24) is 25.5 Å². The molecule has 2 aromatic carbocycles. The predicted octanol–water partition coefficient (Wildman–Crippen LogP) is 2.11. The largest absolute Gasteiger partial charge is 0.493 e. The van der Waals surface area contributed by atoms with Gasteiger partial charge in [-0.15, -0.1) is 5.10 Å². The molecule has 1 amide bonds. The normalized spacial score (nSPS) is 11.7. The van der Waals surface area contributed by atoms with Crippen LogP contribution >= 0.6 is 0 Å². The lowest BCUT2D eigenvalue weighted by atomic mass is 10.0. The van der Waals surface area contributed by atoms with Gasteiger partial charge in [-0.05, 0) is 58.8 Å². The van der Waals surface area contributed by atoms with E-state index in [1.54, 1.807) is 27.4 Å². The predicted molar refractivity (Wildman–Crippen MR) is 106 cm³/mol. The van der Waals surface area contributed by atoms with E-state index in [-0.39, 0.29) is 11.9 Å². The SMILES string of the molecule is COCC(C)NC(=O)c1cc(-c2ccc(OC)c(OC)c2)cc(-n2cnnn2)c1. The molecule has 0 radical (unpaired) electrons. The molecule has 3 rings (SSSR count). The van der Waals surface area contributed by atoms with Crippen molar-refractivity contribution in [2.45, 2.75) is 13.0 Å². The number of benzene rings is 2. The monoisotopic (exact) mass is 397 g/mol. The van der Waals surface area contributed by atoms with Crippen molar-refractivity contribution >= 4 is 5.91 Å². The Labute approximate surface area is 168 Å². The van der Waals surface area contributed by atoms with Gasteiger partial charge in [-0.3, -0.25) is 4.79 Å². The van der Waals surface area contributed by atoms with Gasteiger partial charge in [0, 0.05) is 18.7 Å². The zero-order valence-corrected chi connectivity index (χ0v) is 16.7. The summed E-state index contributed by atoms with van der Waals surface area (Å²) in [7, 11) is 4.75. The maximum absolute atomic E-state index is 12.8. The van der Waals surface area contributed by atoms with Gasteiger partial charge in [0.05, 0.1) is 26.5 Å². The molecule has 9 nitrogen and oxygen atoms in total. The molecule has 0 aliphatic heterocycles. The highest BCUT2D eigenvalue weighted by Crippen LogP contribution is 2.33. The molecule has 3 aromatic rings. The second kappa shape index (κ2) is 9.16. The number of nitrogens with zero attached hydrogens (tertiary/aromatic N) is 4. The Morgan fingerprint density at radius 1 is 1.07 bits per heavy atom. The fraction of sp³-hybridized carbons (Fsp3) is 0.300. The van der Waals surface area contributed by atoms with Gasteiger partial charge >= 0.3 is 0 Å². The molecule has 0 aliphatic carbocycles. The van der Waals surface area contributed by atoms with Crippen LogP contribution in [0.5, 0.6) is 11.5 Å². The van der Waals surface area contributed by atoms with Gasteiger partial charge in [0.1, 0.15) is 6.33 Å². The van der Waals surface area contributed by atoms with Crippen LogP contribution in [0.1, 0.15) is 17.3 Å². The average molecular weight is 397 g/mol. The highest BCUT2D eigenvalue weighted by molar-refractivity contribution is 5.96. The summed E-state index contributed by atoms with van der Waals surface area (Å²) in [5.74, 6) is 1.00. The standard InChI is InChI=1S/C20H23N5O4/c1-13(11-27-2)22-20(26)16-7-15(8-17(9-16)25-12-21-23-24-25)14-5-6-18(28-3)19(10-14)29-4/h5-10,12-13H,11H2,1-4H3,(H,22,26). The number of amides is 1. The van der Waals surface area contributed by atoms with Crippen LogP contribution in [0.4, 0.5) is 0 Å². The zero-order valence-electron chi connectivity index (χ0n) is 16.7. The molecule has 0 saturated carbocycles. The van der Waals surface area contributed by atoms with E-state index in [2.05, 4.69) is 20.8 Å². The van der Waals surface area contributed by atoms with Crippen molar-refractivity contribution in [3.8, 4) is 28.3 Å². The Hall–Kier alpha value is -3.46. The van der Waals surface area contributed by atoms with Gasteiger partial charge < -0.3 is 19.5 Å². The lowest BCUT2D eigenvalue weighted by Gasteiger charge is -2.15. The number of nitrogens with one attached hydrogen (secondary N) is 1. The fourth-order valence-electron chi connectivity index (χ4n) is 2.94. The van der Waals surface area contributed by atoms with Crippen LogP contribution in [0.25, 0.3) is 16.8 Å². The minimum absolute atomic E-state index is 0.131. The average Bonchev–Trinajstić information content (AvgIpc) is 3.28. The quantitative estimate of drug-likeness (QED) is 0.621. The molecular formula is C20H23N5O4. The third-order valence-electron chi connectivity index (χ3n) is 4.30. The molecule has 0 saturated heterocycles. The number of tetrazole rings is 1. The number of carbonyl (C=O) groups is 1. The minimum atomic E-state index is -0.216. The van der Waals surface area contributed by atoms with E-state index in [1.807, 2.05) is 37.3 Å². The second-order valence-electron chi connectivity index (χ2n) is 6.42. The van der Waals surface area contributed by atoms with Crippen molar-refractivity contribution in [3.63, 3.8) is 0 Å². The van der Waals surface area contributed by atoms with Crippen LogP contribution in [0.3, 0.4) is 0 Å². The van der Waals surface area contributed by atoms with Crippen LogP contribution in [0.15, 0.2) is 42.7 Å². The van der Waals surface area contributed by atoms with Crippen molar-refractivity contribution in [2.24, 2.45) is 0 Å². The summed E-state index contributed by atoms with van der Waals surface area (Å²) in [6.07, 6.45) is 1.48. The molecule has 1 aromatic heterocycles. The summed E-state index contributed by atoms with van der Waals surface area (Å²) in [6, 6.07) is 10.9. The minimum Gasteiger partial charge on any atom is -0.493 e. The van der Waals surface area contributed by atoms with Gasteiger partial charge in [0.25, 0.3) is 5.91 Å². The Kier molecular flexibility index (Phi) is 6.40. The summed E-state index contributed by atoms with van der Waals surface area (Å²) in [5, 5.41) is 14.2. The molecule has 1 heterocycles. The van der Waals surface area contributed by atoms with Crippen LogP contribution in [0.2, 0.25) is 0 Å². The van der Waals surface area contributed by atoms with Gasteiger partial charge in [-0.2, -0.15) is 0 Å². The third-order valence-corrected chi connectivity index (χ3v) is 4.30. The number of carbonyl (C=O) groups excluding carboxylic acids is 1. The highest BCUT2D eigenvalue weighted by Gasteiger charge is 2.15. The molecular weight excluding hydrogens is 374 g/mol. The molecule has 1 N–H and O–H groups in total. The van der Waals surface area contributed by atoms with Crippen molar-refractivity contribution in [2.75, 3.05) is 27.9 Å². The number of ether oxygens (including phenoxy) is 3. The van der Waals surface area contributed by atoms with Gasteiger partial charge in [-0.25, -0.2) is 4.68 Å². The molecule has 0 spiro atoms. The smallest absolute Gasteiger partial charge is 0.251 e. The molecule has 152 valence electrons. The molecule has 29 heavy (non-hydrogen) atoms. The van der Waals surface area contributed by atoms with Crippen molar-refractivity contribution in [3.05, 3.63) is 48.3 Å². The van der Waals surface area contributed by atoms with Crippen molar-refractivity contribution in [1.29, 1.82) is 0 Å². The summed E-state index contributed by atoms with van der Waals surface area (Å²) in [5.41, 5.74) is 2.80. The number of rotatable bonds is 8. The van der Waals surface area contributed by atoms with E-state index >= 15 is 0 Å². The molecule has 0 bridgehead atoms. The molecule has 9 heteroatoms. The lowest BCUT2D eigenvalue weighted by Crippen LogP contribution is -2.35. The lowest BCUT2D eigenvalue weighted by molar-refractivity contribution is 0.0905.